The van der Waals surface area contributed by atoms with Crippen LogP contribution in [0.2, 0.25) is 0 Å². The molecule has 0 radical (unpaired) electrons. The molecular weight excluding hydrogens is 406 g/mol. The molecule has 4 nitrogen and oxygen atoms in total. The monoisotopic (exact) mass is 433 g/mol. The molecule has 3 rings (SSSR count). The van der Waals surface area contributed by atoms with E-state index in [1.807, 2.05) is 30.3 Å². The summed E-state index contributed by atoms with van der Waals surface area (Å²) in [7, 11) is 0. The Hall–Kier alpha value is -1.24. The van der Waals surface area contributed by atoms with Crippen LogP contribution in [-0.4, -0.2) is 49.0 Å². The van der Waals surface area contributed by atoms with Crippen molar-refractivity contribution < 1.29 is 14.6 Å². The lowest BCUT2D eigenvalue weighted by Gasteiger charge is -2.34. The number of nitrogens with zero attached hydrogens (tertiary/aromatic N) is 1. The molecule has 2 aromatic rings. The summed E-state index contributed by atoms with van der Waals surface area (Å²) < 4.78 is 13.0. The van der Waals surface area contributed by atoms with Crippen LogP contribution in [0.15, 0.2) is 59.1 Å². The zero-order valence-electron chi connectivity index (χ0n) is 15.8. The maximum absolute atomic E-state index is 10.5. The van der Waals surface area contributed by atoms with Gasteiger partial charge < -0.3 is 14.6 Å². The fourth-order valence-electron chi connectivity index (χ4n) is 3.47. The zero-order chi connectivity index (χ0) is 19.1. The quantitative estimate of drug-likeness (QED) is 0.671. The molecule has 0 bridgehead atoms. The van der Waals surface area contributed by atoms with Crippen molar-refractivity contribution in [1.82, 2.24) is 4.90 Å². The summed E-state index contributed by atoms with van der Waals surface area (Å²) >= 11 is 3.52. The Morgan fingerprint density at radius 2 is 2.04 bits per heavy atom. The molecule has 0 amide bonds. The van der Waals surface area contributed by atoms with Gasteiger partial charge in [0, 0.05) is 24.1 Å². The van der Waals surface area contributed by atoms with Crippen LogP contribution in [0.3, 0.4) is 0 Å². The van der Waals surface area contributed by atoms with E-state index in [0.717, 1.165) is 35.1 Å². The normalized spacial score (nSPS) is 20.3. The van der Waals surface area contributed by atoms with Crippen molar-refractivity contribution in [1.29, 1.82) is 0 Å². The Kier molecular flexibility index (Phi) is 7.85. The lowest BCUT2D eigenvalue weighted by Crippen LogP contribution is -2.43. The Morgan fingerprint density at radius 3 is 2.78 bits per heavy atom. The predicted molar refractivity (Wildman–Crippen MR) is 111 cm³/mol. The van der Waals surface area contributed by atoms with Gasteiger partial charge in [-0.15, -0.1) is 0 Å². The van der Waals surface area contributed by atoms with Crippen LogP contribution in [0.4, 0.5) is 0 Å². The molecule has 3 atom stereocenters. The van der Waals surface area contributed by atoms with Crippen molar-refractivity contribution >= 4 is 15.9 Å². The van der Waals surface area contributed by atoms with Crippen LogP contribution in [0.5, 0.6) is 0 Å². The van der Waals surface area contributed by atoms with Gasteiger partial charge in [-0.25, -0.2) is 0 Å². The highest BCUT2D eigenvalue weighted by atomic mass is 79.9. The second-order valence-electron chi connectivity index (χ2n) is 6.97. The Labute approximate surface area is 170 Å². The van der Waals surface area contributed by atoms with E-state index in [4.69, 9.17) is 9.47 Å². The minimum absolute atomic E-state index is 0.0277. The minimum Gasteiger partial charge on any atom is -0.389 e. The maximum Gasteiger partial charge on any atom is 0.0952 e. The highest BCUT2D eigenvalue weighted by Crippen LogP contribution is 2.25. The van der Waals surface area contributed by atoms with Gasteiger partial charge in [-0.1, -0.05) is 65.3 Å². The van der Waals surface area contributed by atoms with E-state index >= 15 is 0 Å². The van der Waals surface area contributed by atoms with Gasteiger partial charge in [0.2, 0.25) is 0 Å². The van der Waals surface area contributed by atoms with Crippen LogP contribution in [0.1, 0.15) is 36.7 Å². The number of aliphatic hydroxyl groups excluding tert-OH is 1. The molecule has 146 valence electrons. The molecular formula is C22H28BrNO3. The lowest BCUT2D eigenvalue weighted by molar-refractivity contribution is -0.0616. The Bertz CT molecular complexity index is 697. The van der Waals surface area contributed by atoms with Gasteiger partial charge in [-0.05, 0) is 29.7 Å². The van der Waals surface area contributed by atoms with E-state index in [9.17, 15) is 5.11 Å². The van der Waals surface area contributed by atoms with Crippen LogP contribution in [0, 0.1) is 0 Å². The SMILES string of the molecule is CCC(OCC(O)CN1CCOC(c2cccc(Br)c2)C1)c1ccccc1. The molecule has 0 aliphatic carbocycles. The van der Waals surface area contributed by atoms with Crippen molar-refractivity contribution in [2.45, 2.75) is 31.7 Å². The summed E-state index contributed by atoms with van der Waals surface area (Å²) in [5.41, 5.74) is 2.32. The predicted octanol–water partition coefficient (Wildman–Crippen LogP) is 4.35. The first kappa shape index (κ1) is 20.5. The standard InChI is InChI=1S/C22H28BrNO3/c1-2-21(17-7-4-3-5-8-17)27-16-20(25)14-24-11-12-26-22(15-24)18-9-6-10-19(23)13-18/h3-10,13,20-22,25H,2,11-12,14-16H2,1H3. The summed E-state index contributed by atoms with van der Waals surface area (Å²) in [5.74, 6) is 0. The van der Waals surface area contributed by atoms with E-state index in [0.29, 0.717) is 19.8 Å². The second-order valence-corrected chi connectivity index (χ2v) is 7.88. The fraction of sp³-hybridized carbons (Fsp3) is 0.455. The summed E-state index contributed by atoms with van der Waals surface area (Å²) in [6, 6.07) is 18.4. The smallest absolute Gasteiger partial charge is 0.0952 e. The van der Waals surface area contributed by atoms with Crippen molar-refractivity contribution in [3.63, 3.8) is 0 Å². The number of benzene rings is 2. The molecule has 27 heavy (non-hydrogen) atoms. The molecule has 0 saturated carbocycles. The molecule has 3 unspecified atom stereocenters. The summed E-state index contributed by atoms with van der Waals surface area (Å²) in [6.45, 7) is 5.33. The van der Waals surface area contributed by atoms with Gasteiger partial charge in [-0.2, -0.15) is 0 Å². The first-order valence-corrected chi connectivity index (χ1v) is 10.4. The van der Waals surface area contributed by atoms with E-state index < -0.39 is 6.10 Å². The van der Waals surface area contributed by atoms with E-state index in [-0.39, 0.29) is 12.2 Å². The van der Waals surface area contributed by atoms with E-state index in [2.05, 4.69) is 52.0 Å². The first-order valence-electron chi connectivity index (χ1n) is 9.59. The molecule has 2 aromatic carbocycles. The van der Waals surface area contributed by atoms with Crippen molar-refractivity contribution in [3.05, 3.63) is 70.2 Å². The Balaban J connectivity index is 1.49. The third kappa shape index (κ3) is 6.13. The van der Waals surface area contributed by atoms with Gasteiger partial charge in [-0.3, -0.25) is 4.90 Å². The zero-order valence-corrected chi connectivity index (χ0v) is 17.3. The number of halogens is 1. The Morgan fingerprint density at radius 1 is 1.22 bits per heavy atom. The van der Waals surface area contributed by atoms with Gasteiger partial charge in [0.15, 0.2) is 0 Å². The maximum atomic E-state index is 10.5. The van der Waals surface area contributed by atoms with Crippen LogP contribution >= 0.6 is 15.9 Å². The molecule has 0 spiro atoms. The van der Waals surface area contributed by atoms with Crippen LogP contribution in [0.25, 0.3) is 0 Å². The molecule has 1 fully saturated rings. The molecule has 1 saturated heterocycles. The van der Waals surface area contributed by atoms with Crippen LogP contribution in [-0.2, 0) is 9.47 Å². The van der Waals surface area contributed by atoms with Crippen molar-refractivity contribution in [2.75, 3.05) is 32.8 Å². The topological polar surface area (TPSA) is 41.9 Å². The molecule has 1 heterocycles. The number of ether oxygens (including phenoxy) is 2. The molecule has 1 N–H and O–H groups in total. The van der Waals surface area contributed by atoms with Gasteiger partial charge in [0.1, 0.15) is 0 Å². The molecule has 1 aliphatic rings. The summed E-state index contributed by atoms with van der Waals surface area (Å²) in [5, 5.41) is 10.5. The number of morpholine rings is 1. The second kappa shape index (κ2) is 10.3. The van der Waals surface area contributed by atoms with Gasteiger partial charge >= 0.3 is 0 Å². The van der Waals surface area contributed by atoms with E-state index in [1.54, 1.807) is 0 Å². The van der Waals surface area contributed by atoms with Crippen molar-refractivity contribution in [3.8, 4) is 0 Å². The first-order chi connectivity index (χ1) is 13.2. The lowest BCUT2D eigenvalue weighted by atomic mass is 10.1. The third-order valence-electron chi connectivity index (χ3n) is 4.87. The number of hydrogen-bond acceptors (Lipinski definition) is 4. The van der Waals surface area contributed by atoms with Gasteiger partial charge in [0.05, 0.1) is 31.5 Å². The molecule has 0 aromatic heterocycles. The number of hydrogen-bond donors (Lipinski definition) is 1. The third-order valence-corrected chi connectivity index (χ3v) is 5.37. The van der Waals surface area contributed by atoms with E-state index in [1.165, 1.54) is 0 Å². The van der Waals surface area contributed by atoms with Crippen LogP contribution < -0.4 is 0 Å². The summed E-state index contributed by atoms with van der Waals surface area (Å²) in [6.07, 6.45) is 0.445. The highest BCUT2D eigenvalue weighted by molar-refractivity contribution is 9.10. The fourth-order valence-corrected chi connectivity index (χ4v) is 3.89. The average molecular weight is 434 g/mol. The number of aliphatic hydroxyl groups is 1. The molecule has 1 aliphatic heterocycles. The van der Waals surface area contributed by atoms with Gasteiger partial charge in [0.25, 0.3) is 0 Å². The minimum atomic E-state index is -0.510. The van der Waals surface area contributed by atoms with Crippen molar-refractivity contribution in [2.24, 2.45) is 0 Å². The summed E-state index contributed by atoms with van der Waals surface area (Å²) in [4.78, 5) is 2.26. The highest BCUT2D eigenvalue weighted by Gasteiger charge is 2.24. The molecule has 5 heteroatoms. The average Bonchev–Trinajstić information content (AvgIpc) is 2.69. The number of β-amino-alcohol motifs (C(OH)–C–C–N with tert-alkyl or cyclic N) is 1. The largest absolute Gasteiger partial charge is 0.389 e. The number of rotatable bonds is 8.